The van der Waals surface area contributed by atoms with Crippen LogP contribution in [0.2, 0.25) is 0 Å². The highest BCUT2D eigenvalue weighted by molar-refractivity contribution is 7.22. The molecule has 12 aromatic rings. The smallest absolute Gasteiger partial charge is 0.180 e. The van der Waals surface area contributed by atoms with Gasteiger partial charge in [0.2, 0.25) is 0 Å². The fraction of sp³-hybridized carbons (Fsp3) is 0. The van der Waals surface area contributed by atoms with E-state index < -0.39 is 8.07 Å². The third-order valence-electron chi connectivity index (χ3n) is 13.6. The molecule has 0 atom stereocenters. The van der Waals surface area contributed by atoms with E-state index in [1.54, 1.807) is 0 Å². The van der Waals surface area contributed by atoms with E-state index in [-0.39, 0.29) is 0 Å². The summed E-state index contributed by atoms with van der Waals surface area (Å²) < 4.78 is 4.97. The van der Waals surface area contributed by atoms with E-state index in [0.29, 0.717) is 0 Å². The molecule has 0 unspecified atom stereocenters. The molecule has 0 amide bonds. The van der Waals surface area contributed by atoms with E-state index in [0.717, 1.165) is 5.69 Å². The van der Waals surface area contributed by atoms with E-state index in [2.05, 4.69) is 252 Å². The Morgan fingerprint density at radius 1 is 0.270 bits per heavy atom. The first-order chi connectivity index (χ1) is 31.3. The van der Waals surface area contributed by atoms with Crippen LogP contribution in [0.4, 0.5) is 0 Å². The first-order valence-corrected chi connectivity index (χ1v) is 23.8. The van der Waals surface area contributed by atoms with Gasteiger partial charge < -0.3 is 9.13 Å². The zero-order chi connectivity index (χ0) is 41.5. The van der Waals surface area contributed by atoms with Gasteiger partial charge >= 0.3 is 0 Å². The number of hydrogen-bond acceptors (Lipinski definition) is 0. The van der Waals surface area contributed by atoms with Gasteiger partial charge in [0.25, 0.3) is 0 Å². The second-order valence-electron chi connectivity index (χ2n) is 16.8. The minimum Gasteiger partial charge on any atom is -0.309 e. The predicted octanol–water partition coefficient (Wildman–Crippen LogP) is 12.6. The Balaban J connectivity index is 1.00. The molecule has 13 rings (SSSR count). The maximum Gasteiger partial charge on any atom is 0.180 e. The Morgan fingerprint density at radius 3 is 1.25 bits per heavy atom. The van der Waals surface area contributed by atoms with E-state index in [9.17, 15) is 0 Å². The highest BCUT2D eigenvalue weighted by Gasteiger charge is 2.48. The van der Waals surface area contributed by atoms with Crippen LogP contribution in [-0.4, -0.2) is 17.2 Å². The molecule has 0 aliphatic carbocycles. The average Bonchev–Trinajstić information content (AvgIpc) is 3.99. The second-order valence-corrected chi connectivity index (χ2v) is 20.5. The summed E-state index contributed by atoms with van der Waals surface area (Å²) in [4.78, 5) is 0. The summed E-state index contributed by atoms with van der Waals surface area (Å²) in [6.07, 6.45) is 0. The molecule has 1 aliphatic rings. The largest absolute Gasteiger partial charge is 0.309 e. The fourth-order valence-corrected chi connectivity index (χ4v) is 16.1. The van der Waals surface area contributed by atoms with Gasteiger partial charge in [-0.1, -0.05) is 194 Å². The van der Waals surface area contributed by atoms with Crippen LogP contribution in [0.3, 0.4) is 0 Å². The third kappa shape index (κ3) is 5.24. The first-order valence-electron chi connectivity index (χ1n) is 21.8. The Hall–Kier alpha value is -7.98. The van der Waals surface area contributed by atoms with Crippen LogP contribution in [0.25, 0.3) is 88.4 Å². The molecule has 0 saturated carbocycles. The first kappa shape index (κ1) is 35.7. The van der Waals surface area contributed by atoms with Crippen LogP contribution in [0.1, 0.15) is 0 Å². The monoisotopic (exact) mass is 816 g/mol. The molecule has 2 aromatic heterocycles. The van der Waals surface area contributed by atoms with Gasteiger partial charge in [0.1, 0.15) is 0 Å². The molecule has 10 aromatic carbocycles. The lowest BCUT2D eigenvalue weighted by molar-refractivity contribution is 1.17. The quantitative estimate of drug-likeness (QED) is 0.148. The van der Waals surface area contributed by atoms with E-state index in [4.69, 9.17) is 0 Å². The van der Waals surface area contributed by atoms with Gasteiger partial charge in [0.15, 0.2) is 8.07 Å². The molecular weight excluding hydrogens is 777 g/mol. The molecule has 0 spiro atoms. The van der Waals surface area contributed by atoms with Crippen molar-refractivity contribution in [3.8, 4) is 44.8 Å². The molecule has 0 saturated heterocycles. The van der Waals surface area contributed by atoms with Crippen molar-refractivity contribution in [1.82, 2.24) is 9.13 Å². The van der Waals surface area contributed by atoms with Gasteiger partial charge in [0, 0.05) is 32.9 Å². The Labute approximate surface area is 367 Å². The molecule has 0 fully saturated rings. The molecule has 3 heterocycles. The lowest BCUT2D eigenvalue weighted by Gasteiger charge is -2.31. The molecule has 294 valence electrons. The topological polar surface area (TPSA) is 9.86 Å². The number of aromatic nitrogens is 2. The summed E-state index contributed by atoms with van der Waals surface area (Å²) in [7, 11) is -2.68. The van der Waals surface area contributed by atoms with Crippen LogP contribution in [-0.2, 0) is 0 Å². The number of nitrogens with zero attached hydrogens (tertiary/aromatic N) is 2. The van der Waals surface area contributed by atoms with Crippen LogP contribution >= 0.6 is 0 Å². The fourth-order valence-electron chi connectivity index (χ4n) is 10.9. The second kappa shape index (κ2) is 14.0. The Morgan fingerprint density at radius 2 is 0.683 bits per heavy atom. The summed E-state index contributed by atoms with van der Waals surface area (Å²) in [6, 6.07) is 90.2. The number of benzene rings is 10. The molecule has 0 bridgehead atoms. The van der Waals surface area contributed by atoms with Crippen molar-refractivity contribution in [2.45, 2.75) is 0 Å². The third-order valence-corrected chi connectivity index (χ3v) is 18.5. The van der Waals surface area contributed by atoms with Crippen molar-refractivity contribution in [2.75, 3.05) is 0 Å². The Bertz CT molecular complexity index is 3660. The number of rotatable bonds is 6. The highest BCUT2D eigenvalue weighted by atomic mass is 28.3. The lowest BCUT2D eigenvalue weighted by Crippen LogP contribution is -2.72. The molecule has 1 aliphatic heterocycles. The lowest BCUT2D eigenvalue weighted by atomic mass is 10.0. The van der Waals surface area contributed by atoms with Crippen molar-refractivity contribution in [2.24, 2.45) is 0 Å². The standard InChI is InChI=1S/C60H40N2Si/c1-4-16-41(17-5-1)42-28-30-43(31-29-42)44-32-34-45(35-33-44)61-53-25-13-10-23-51(53)59-55(61)38-39-56-60(59)52-24-11-14-26-54(52)62(56)46-36-37-50-49-22-12-15-27-57(49)63(58(50)40-46,47-18-6-2-7-19-47)48-20-8-3-9-21-48/h1-40H. The maximum atomic E-state index is 2.54. The van der Waals surface area contributed by atoms with Crippen molar-refractivity contribution in [3.05, 3.63) is 243 Å². The van der Waals surface area contributed by atoms with Crippen LogP contribution in [0.5, 0.6) is 0 Å². The zero-order valence-electron chi connectivity index (χ0n) is 34.5. The van der Waals surface area contributed by atoms with Crippen molar-refractivity contribution in [3.63, 3.8) is 0 Å². The summed E-state index contributed by atoms with van der Waals surface area (Å²) in [5, 5.41) is 10.8. The van der Waals surface area contributed by atoms with Gasteiger partial charge in [-0.3, -0.25) is 0 Å². The summed E-state index contributed by atoms with van der Waals surface area (Å²) >= 11 is 0. The van der Waals surface area contributed by atoms with Crippen LogP contribution < -0.4 is 20.7 Å². The van der Waals surface area contributed by atoms with Gasteiger partial charge in [0.05, 0.1) is 22.1 Å². The van der Waals surface area contributed by atoms with Gasteiger partial charge in [-0.15, -0.1) is 0 Å². The van der Waals surface area contributed by atoms with Crippen molar-refractivity contribution in [1.29, 1.82) is 0 Å². The number of para-hydroxylation sites is 2. The minimum absolute atomic E-state index is 1.15. The summed E-state index contributed by atoms with van der Waals surface area (Å²) in [5.74, 6) is 0. The normalized spacial score (nSPS) is 12.9. The van der Waals surface area contributed by atoms with Gasteiger partial charge in [-0.2, -0.15) is 0 Å². The molecule has 2 nitrogen and oxygen atoms in total. The van der Waals surface area contributed by atoms with Crippen LogP contribution in [0.15, 0.2) is 243 Å². The van der Waals surface area contributed by atoms with Gasteiger partial charge in [-0.25, -0.2) is 0 Å². The number of fused-ring (bicyclic) bond motifs is 10. The molecular formula is C60H40N2Si. The van der Waals surface area contributed by atoms with E-state index in [1.165, 1.54) is 103 Å². The van der Waals surface area contributed by atoms with E-state index >= 15 is 0 Å². The number of hydrogen-bond donors (Lipinski definition) is 0. The van der Waals surface area contributed by atoms with Crippen LogP contribution in [0, 0.1) is 0 Å². The SMILES string of the molecule is c1ccc(-c2ccc(-c3ccc(-n4c5ccccc5c5c6c7ccccc7n(-c7ccc8c(c7)[Si](c7ccccc7)(c7ccccc7)c7ccccc7-8)c6ccc54)cc3)cc2)cc1. The van der Waals surface area contributed by atoms with Crippen molar-refractivity contribution < 1.29 is 0 Å². The molecule has 0 radical (unpaired) electrons. The predicted molar refractivity (Wildman–Crippen MR) is 269 cm³/mol. The molecule has 63 heavy (non-hydrogen) atoms. The Kier molecular flexibility index (Phi) is 7.96. The highest BCUT2D eigenvalue weighted by Crippen LogP contribution is 2.43. The molecule has 0 N–H and O–H groups in total. The molecule has 3 heteroatoms. The summed E-state index contributed by atoms with van der Waals surface area (Å²) in [5.41, 5.74) is 14.7. The van der Waals surface area contributed by atoms with E-state index in [1.807, 2.05) is 0 Å². The average molecular weight is 817 g/mol. The summed E-state index contributed by atoms with van der Waals surface area (Å²) in [6.45, 7) is 0. The zero-order valence-corrected chi connectivity index (χ0v) is 35.5. The minimum atomic E-state index is -2.68. The van der Waals surface area contributed by atoms with Gasteiger partial charge in [-0.05, 0) is 103 Å². The maximum absolute atomic E-state index is 2.68. The van der Waals surface area contributed by atoms with Crippen molar-refractivity contribution >= 4 is 72.4 Å².